The molecule has 0 atom stereocenters. The molecule has 0 saturated carbocycles. The van der Waals surface area contributed by atoms with E-state index in [0.717, 1.165) is 28.1 Å². The largest absolute Gasteiger partial charge is 0.497 e. The fourth-order valence-corrected chi connectivity index (χ4v) is 2.89. The highest BCUT2D eigenvalue weighted by Crippen LogP contribution is 2.23. The predicted molar refractivity (Wildman–Crippen MR) is 115 cm³/mol. The SMILES string of the molecule is COc1cccc(-n2ncc3c(N/N=C/c4ccc(N(C)C)cc4)ncnc32)c1. The maximum Gasteiger partial charge on any atom is 0.168 e. The zero-order valence-electron chi connectivity index (χ0n) is 16.4. The summed E-state index contributed by atoms with van der Waals surface area (Å²) in [5.41, 5.74) is 6.65. The average Bonchev–Trinajstić information content (AvgIpc) is 3.19. The zero-order chi connectivity index (χ0) is 20.2. The molecule has 1 N–H and O–H groups in total. The summed E-state index contributed by atoms with van der Waals surface area (Å²) in [5, 5.41) is 9.54. The number of benzene rings is 2. The molecule has 2 aromatic carbocycles. The fraction of sp³-hybridized carbons (Fsp3) is 0.143. The van der Waals surface area contributed by atoms with Crippen LogP contribution in [0.4, 0.5) is 11.5 Å². The molecule has 0 aliphatic rings. The molecule has 0 fully saturated rings. The lowest BCUT2D eigenvalue weighted by molar-refractivity contribution is 0.414. The third-order valence-corrected chi connectivity index (χ3v) is 4.46. The van der Waals surface area contributed by atoms with E-state index in [1.54, 1.807) is 24.2 Å². The highest BCUT2D eigenvalue weighted by atomic mass is 16.5. The number of nitrogens with zero attached hydrogens (tertiary/aromatic N) is 6. The van der Waals surface area contributed by atoms with Gasteiger partial charge in [0.15, 0.2) is 11.5 Å². The molecule has 0 aliphatic heterocycles. The molecular weight excluding hydrogens is 366 g/mol. The van der Waals surface area contributed by atoms with Gasteiger partial charge in [-0.25, -0.2) is 14.6 Å². The molecular formula is C21H21N7O. The molecule has 2 heterocycles. The lowest BCUT2D eigenvalue weighted by Crippen LogP contribution is -2.08. The van der Waals surface area contributed by atoms with Crippen LogP contribution in [0.1, 0.15) is 5.56 Å². The highest BCUT2D eigenvalue weighted by Gasteiger charge is 2.11. The number of aromatic nitrogens is 4. The Bertz CT molecular complexity index is 1150. The Balaban J connectivity index is 1.58. The normalized spacial score (nSPS) is 11.1. The van der Waals surface area contributed by atoms with Gasteiger partial charge in [-0.05, 0) is 29.8 Å². The smallest absolute Gasteiger partial charge is 0.168 e. The summed E-state index contributed by atoms with van der Waals surface area (Å²) in [5.74, 6) is 1.34. The van der Waals surface area contributed by atoms with Crippen molar-refractivity contribution in [1.29, 1.82) is 0 Å². The van der Waals surface area contributed by atoms with Crippen molar-refractivity contribution in [3.8, 4) is 11.4 Å². The van der Waals surface area contributed by atoms with Gasteiger partial charge in [-0.3, -0.25) is 5.43 Å². The first kappa shape index (κ1) is 18.4. The summed E-state index contributed by atoms with van der Waals surface area (Å²) < 4.78 is 7.04. The van der Waals surface area contributed by atoms with Gasteiger partial charge in [-0.2, -0.15) is 10.2 Å². The predicted octanol–water partition coefficient (Wildman–Crippen LogP) is 3.34. The van der Waals surface area contributed by atoms with Gasteiger partial charge < -0.3 is 9.64 Å². The van der Waals surface area contributed by atoms with Gasteiger partial charge in [0.1, 0.15) is 12.1 Å². The van der Waals surface area contributed by atoms with Crippen LogP contribution in [0, 0.1) is 0 Å². The zero-order valence-corrected chi connectivity index (χ0v) is 16.4. The molecule has 0 amide bonds. The molecule has 29 heavy (non-hydrogen) atoms. The summed E-state index contributed by atoms with van der Waals surface area (Å²) >= 11 is 0. The Morgan fingerprint density at radius 3 is 2.69 bits per heavy atom. The molecule has 0 radical (unpaired) electrons. The molecule has 0 bridgehead atoms. The van der Waals surface area contributed by atoms with Crippen molar-refractivity contribution in [2.45, 2.75) is 0 Å². The Kier molecular flexibility index (Phi) is 5.07. The number of nitrogens with one attached hydrogen (secondary N) is 1. The second-order valence-corrected chi connectivity index (χ2v) is 6.57. The van der Waals surface area contributed by atoms with Gasteiger partial charge >= 0.3 is 0 Å². The summed E-state index contributed by atoms with van der Waals surface area (Å²) in [6.45, 7) is 0. The van der Waals surface area contributed by atoms with E-state index in [9.17, 15) is 0 Å². The number of fused-ring (bicyclic) bond motifs is 1. The molecule has 8 heteroatoms. The van der Waals surface area contributed by atoms with Crippen molar-refractivity contribution in [2.24, 2.45) is 5.10 Å². The first-order valence-corrected chi connectivity index (χ1v) is 9.05. The van der Waals surface area contributed by atoms with Crippen LogP contribution >= 0.6 is 0 Å². The van der Waals surface area contributed by atoms with E-state index in [1.807, 2.05) is 62.6 Å². The first-order valence-electron chi connectivity index (χ1n) is 9.05. The number of rotatable bonds is 6. The molecule has 8 nitrogen and oxygen atoms in total. The number of hydrogen-bond acceptors (Lipinski definition) is 7. The number of hydrazone groups is 1. The summed E-state index contributed by atoms with van der Waals surface area (Å²) in [6, 6.07) is 15.8. The van der Waals surface area contributed by atoms with E-state index in [0.29, 0.717) is 11.5 Å². The van der Waals surface area contributed by atoms with Crippen LogP contribution in [0.5, 0.6) is 5.75 Å². The van der Waals surface area contributed by atoms with Crippen molar-refractivity contribution < 1.29 is 4.74 Å². The average molecular weight is 387 g/mol. The summed E-state index contributed by atoms with van der Waals surface area (Å²) in [4.78, 5) is 10.7. The molecule has 4 rings (SSSR count). The second-order valence-electron chi connectivity index (χ2n) is 6.57. The van der Waals surface area contributed by atoms with Crippen LogP contribution in [0.15, 0.2) is 66.2 Å². The van der Waals surface area contributed by atoms with E-state index >= 15 is 0 Å². The van der Waals surface area contributed by atoms with E-state index in [2.05, 4.69) is 30.5 Å². The van der Waals surface area contributed by atoms with Gasteiger partial charge in [0.25, 0.3) is 0 Å². The third-order valence-electron chi connectivity index (χ3n) is 4.46. The van der Waals surface area contributed by atoms with Crippen molar-refractivity contribution in [1.82, 2.24) is 19.7 Å². The van der Waals surface area contributed by atoms with E-state index in [-0.39, 0.29) is 0 Å². The van der Waals surface area contributed by atoms with Crippen LogP contribution in [-0.4, -0.2) is 47.2 Å². The van der Waals surface area contributed by atoms with Crippen LogP contribution in [0.3, 0.4) is 0 Å². The minimum atomic E-state index is 0.588. The van der Waals surface area contributed by atoms with Crippen LogP contribution < -0.4 is 15.1 Å². The minimum Gasteiger partial charge on any atom is -0.497 e. The topological polar surface area (TPSA) is 80.5 Å². The van der Waals surface area contributed by atoms with Gasteiger partial charge in [0, 0.05) is 25.8 Å². The van der Waals surface area contributed by atoms with Gasteiger partial charge in [-0.1, -0.05) is 18.2 Å². The van der Waals surface area contributed by atoms with Crippen LogP contribution in [0.25, 0.3) is 16.7 Å². The van der Waals surface area contributed by atoms with E-state index in [4.69, 9.17) is 4.74 Å². The lowest BCUT2D eigenvalue weighted by atomic mass is 10.2. The number of ether oxygens (including phenoxy) is 1. The van der Waals surface area contributed by atoms with Crippen molar-refractivity contribution in [3.63, 3.8) is 0 Å². The number of hydrogen-bond donors (Lipinski definition) is 1. The maximum absolute atomic E-state index is 5.30. The Hall–Kier alpha value is -3.94. The quantitative estimate of drug-likeness (QED) is 0.404. The monoisotopic (exact) mass is 387 g/mol. The Labute approximate surface area is 168 Å². The minimum absolute atomic E-state index is 0.588. The fourth-order valence-electron chi connectivity index (χ4n) is 2.89. The van der Waals surface area contributed by atoms with Gasteiger partial charge in [0.05, 0.1) is 30.6 Å². The van der Waals surface area contributed by atoms with Gasteiger partial charge in [-0.15, -0.1) is 0 Å². The molecule has 0 unspecified atom stereocenters. The standard InChI is InChI=1S/C21H21N7O/c1-27(2)16-9-7-15(8-10-16)12-24-26-20-19-13-25-28(21(19)23-14-22-20)17-5-4-6-18(11-17)29-3/h4-14H,1-3H3,(H,22,23,26)/b24-12+. The molecule has 4 aromatic rings. The van der Waals surface area contributed by atoms with Crippen LogP contribution in [0.2, 0.25) is 0 Å². The highest BCUT2D eigenvalue weighted by molar-refractivity contribution is 5.88. The molecule has 0 aliphatic carbocycles. The molecule has 2 aromatic heterocycles. The van der Waals surface area contributed by atoms with E-state index < -0.39 is 0 Å². The van der Waals surface area contributed by atoms with Crippen LogP contribution in [-0.2, 0) is 0 Å². The second kappa shape index (κ2) is 7.97. The maximum atomic E-state index is 5.30. The van der Waals surface area contributed by atoms with Crippen molar-refractivity contribution in [3.05, 3.63) is 66.6 Å². The number of anilines is 2. The Morgan fingerprint density at radius 2 is 1.93 bits per heavy atom. The number of methoxy groups -OCH3 is 1. The van der Waals surface area contributed by atoms with E-state index in [1.165, 1.54) is 6.33 Å². The Morgan fingerprint density at radius 1 is 1.10 bits per heavy atom. The lowest BCUT2D eigenvalue weighted by Gasteiger charge is -2.11. The summed E-state index contributed by atoms with van der Waals surface area (Å²) in [6.07, 6.45) is 4.96. The van der Waals surface area contributed by atoms with Crippen molar-refractivity contribution >= 4 is 28.8 Å². The third kappa shape index (κ3) is 3.86. The molecule has 146 valence electrons. The molecule has 0 saturated heterocycles. The summed E-state index contributed by atoms with van der Waals surface area (Å²) in [7, 11) is 5.66. The first-order chi connectivity index (χ1) is 14.2. The van der Waals surface area contributed by atoms with Gasteiger partial charge in [0.2, 0.25) is 0 Å². The van der Waals surface area contributed by atoms with Crippen molar-refractivity contribution in [2.75, 3.05) is 31.5 Å². The molecule has 0 spiro atoms.